The van der Waals surface area contributed by atoms with Crippen molar-refractivity contribution in [2.45, 2.75) is 6.18 Å². The Bertz CT molecular complexity index is 676. The third-order valence-corrected chi connectivity index (χ3v) is 2.72. The molecule has 0 aliphatic rings. The largest absolute Gasteiger partial charge is 0.416 e. The number of carbonyl (C=O) groups excluding carboxylic acids is 1. The predicted molar refractivity (Wildman–Crippen MR) is 72.9 cm³/mol. The van der Waals surface area contributed by atoms with Gasteiger partial charge in [-0.25, -0.2) is 9.82 Å². The number of carbonyl (C=O) groups is 1. The van der Waals surface area contributed by atoms with Crippen LogP contribution < -0.4 is 5.43 Å². The first-order valence-electron chi connectivity index (χ1n) is 6.12. The van der Waals surface area contributed by atoms with E-state index in [9.17, 15) is 22.4 Å². The molecule has 0 atom stereocenters. The number of hydrogen-bond acceptors (Lipinski definition) is 2. The number of nitrogens with zero attached hydrogens (tertiary/aromatic N) is 1. The van der Waals surface area contributed by atoms with Gasteiger partial charge in [0.2, 0.25) is 0 Å². The highest BCUT2D eigenvalue weighted by molar-refractivity contribution is 5.94. The number of nitrogens with one attached hydrogen (secondary N) is 1. The Balaban J connectivity index is 1.97. The van der Waals surface area contributed by atoms with E-state index in [1.807, 2.05) is 0 Å². The van der Waals surface area contributed by atoms with Crippen LogP contribution in [0.1, 0.15) is 21.5 Å². The van der Waals surface area contributed by atoms with Gasteiger partial charge in [0.15, 0.2) is 0 Å². The average Bonchev–Trinajstić information content (AvgIpc) is 2.47. The Hall–Kier alpha value is -2.70. The molecular weight excluding hydrogens is 300 g/mol. The maximum absolute atomic E-state index is 12.7. The number of amides is 1. The highest BCUT2D eigenvalue weighted by Crippen LogP contribution is 2.28. The lowest BCUT2D eigenvalue weighted by molar-refractivity contribution is -0.137. The molecule has 0 heterocycles. The Labute approximate surface area is 123 Å². The molecule has 1 N–H and O–H groups in total. The smallest absolute Gasteiger partial charge is 0.267 e. The molecule has 2 aromatic rings. The fraction of sp³-hybridized carbons (Fsp3) is 0.0667. The number of rotatable bonds is 3. The second kappa shape index (κ2) is 6.38. The number of benzene rings is 2. The van der Waals surface area contributed by atoms with Crippen LogP contribution in [-0.4, -0.2) is 12.1 Å². The van der Waals surface area contributed by atoms with E-state index in [0.29, 0.717) is 5.56 Å². The lowest BCUT2D eigenvalue weighted by Gasteiger charge is -2.05. The first kappa shape index (κ1) is 15.7. The highest BCUT2D eigenvalue weighted by Gasteiger charge is 2.29. The number of halogens is 4. The van der Waals surface area contributed by atoms with E-state index in [-0.39, 0.29) is 5.56 Å². The number of alkyl halides is 3. The van der Waals surface area contributed by atoms with E-state index in [0.717, 1.165) is 24.3 Å². The molecule has 2 aromatic carbocycles. The minimum absolute atomic E-state index is 0.214. The summed E-state index contributed by atoms with van der Waals surface area (Å²) in [4.78, 5) is 11.6. The number of hydrazone groups is 1. The molecule has 0 aliphatic carbocycles. The Morgan fingerprint density at radius 1 is 1.00 bits per heavy atom. The van der Waals surface area contributed by atoms with Crippen molar-refractivity contribution in [3.8, 4) is 0 Å². The van der Waals surface area contributed by atoms with Gasteiger partial charge >= 0.3 is 6.18 Å². The van der Waals surface area contributed by atoms with Crippen LogP contribution in [0, 0.1) is 5.82 Å². The third-order valence-electron chi connectivity index (χ3n) is 2.72. The standard InChI is InChI=1S/C15H10F4N2O/c16-13-7-3-11(4-8-13)14(22)21-20-9-10-1-5-12(6-2-10)15(17,18)19/h1-9H,(H,21,22). The molecule has 2 rings (SSSR count). The summed E-state index contributed by atoms with van der Waals surface area (Å²) < 4.78 is 49.8. The van der Waals surface area contributed by atoms with Crippen molar-refractivity contribution in [3.05, 3.63) is 71.0 Å². The van der Waals surface area contributed by atoms with E-state index in [2.05, 4.69) is 10.5 Å². The molecule has 3 nitrogen and oxygen atoms in total. The normalized spacial score (nSPS) is 11.6. The van der Waals surface area contributed by atoms with Crippen molar-refractivity contribution >= 4 is 12.1 Å². The predicted octanol–water partition coefficient (Wildman–Crippen LogP) is 3.61. The van der Waals surface area contributed by atoms with Crippen LogP contribution in [0.3, 0.4) is 0 Å². The minimum atomic E-state index is -4.40. The molecule has 7 heteroatoms. The summed E-state index contributed by atoms with van der Waals surface area (Å²) in [5, 5.41) is 3.63. The molecule has 1 amide bonds. The fourth-order valence-electron chi connectivity index (χ4n) is 1.59. The minimum Gasteiger partial charge on any atom is -0.267 e. The third kappa shape index (κ3) is 4.15. The quantitative estimate of drug-likeness (QED) is 0.525. The van der Waals surface area contributed by atoms with E-state index >= 15 is 0 Å². The fourth-order valence-corrected chi connectivity index (χ4v) is 1.59. The van der Waals surface area contributed by atoms with Crippen molar-refractivity contribution < 1.29 is 22.4 Å². The van der Waals surface area contributed by atoms with Gasteiger partial charge in [0.1, 0.15) is 5.82 Å². The maximum atomic E-state index is 12.7. The topological polar surface area (TPSA) is 41.5 Å². The monoisotopic (exact) mass is 310 g/mol. The van der Waals surface area contributed by atoms with Crippen LogP contribution in [-0.2, 0) is 6.18 Å². The van der Waals surface area contributed by atoms with Crippen LogP contribution in [0.25, 0.3) is 0 Å². The Morgan fingerprint density at radius 2 is 1.59 bits per heavy atom. The summed E-state index contributed by atoms with van der Waals surface area (Å²) in [6.07, 6.45) is -3.19. The summed E-state index contributed by atoms with van der Waals surface area (Å²) in [7, 11) is 0. The molecule has 0 radical (unpaired) electrons. The maximum Gasteiger partial charge on any atom is 0.416 e. The van der Waals surface area contributed by atoms with Crippen LogP contribution >= 0.6 is 0 Å². The van der Waals surface area contributed by atoms with Crippen LogP contribution in [0.15, 0.2) is 53.6 Å². The zero-order valence-electron chi connectivity index (χ0n) is 11.1. The molecule has 0 unspecified atom stereocenters. The lowest BCUT2D eigenvalue weighted by atomic mass is 10.1. The molecular formula is C15H10F4N2O. The van der Waals surface area contributed by atoms with E-state index < -0.39 is 23.5 Å². The SMILES string of the molecule is O=C(NN=Cc1ccc(C(F)(F)F)cc1)c1ccc(F)cc1. The van der Waals surface area contributed by atoms with Crippen molar-refractivity contribution in [1.29, 1.82) is 0 Å². The van der Waals surface area contributed by atoms with E-state index in [1.165, 1.54) is 30.5 Å². The van der Waals surface area contributed by atoms with E-state index in [4.69, 9.17) is 0 Å². The van der Waals surface area contributed by atoms with Crippen molar-refractivity contribution in [1.82, 2.24) is 5.43 Å². The molecule has 0 saturated carbocycles. The average molecular weight is 310 g/mol. The summed E-state index contributed by atoms with van der Waals surface area (Å²) in [5.74, 6) is -1.02. The zero-order chi connectivity index (χ0) is 16.2. The van der Waals surface area contributed by atoms with Crippen LogP contribution in [0.5, 0.6) is 0 Å². The van der Waals surface area contributed by atoms with E-state index in [1.54, 1.807) is 0 Å². The molecule has 0 saturated heterocycles. The number of hydrogen-bond donors (Lipinski definition) is 1. The summed E-state index contributed by atoms with van der Waals surface area (Å²) in [6, 6.07) is 9.15. The molecule has 0 spiro atoms. The molecule has 0 aromatic heterocycles. The Kier molecular flexibility index (Phi) is 4.55. The zero-order valence-corrected chi connectivity index (χ0v) is 11.1. The lowest BCUT2D eigenvalue weighted by Crippen LogP contribution is -2.17. The summed E-state index contributed by atoms with van der Waals surface area (Å²) in [5.41, 5.74) is 2.04. The first-order valence-corrected chi connectivity index (χ1v) is 6.12. The van der Waals surface area contributed by atoms with Crippen molar-refractivity contribution in [3.63, 3.8) is 0 Å². The van der Waals surface area contributed by atoms with Crippen LogP contribution in [0.4, 0.5) is 17.6 Å². The van der Waals surface area contributed by atoms with Gasteiger partial charge in [0.05, 0.1) is 11.8 Å². The van der Waals surface area contributed by atoms with Gasteiger partial charge in [-0.05, 0) is 42.0 Å². The van der Waals surface area contributed by atoms with Crippen LogP contribution in [0.2, 0.25) is 0 Å². The molecule has 22 heavy (non-hydrogen) atoms. The Morgan fingerprint density at radius 3 is 2.14 bits per heavy atom. The van der Waals surface area contributed by atoms with Gasteiger partial charge in [0, 0.05) is 5.56 Å². The molecule has 0 fully saturated rings. The highest BCUT2D eigenvalue weighted by atomic mass is 19.4. The van der Waals surface area contributed by atoms with Gasteiger partial charge < -0.3 is 0 Å². The molecule has 114 valence electrons. The second-order valence-electron chi connectivity index (χ2n) is 4.33. The van der Waals surface area contributed by atoms with Crippen molar-refractivity contribution in [2.24, 2.45) is 5.10 Å². The second-order valence-corrected chi connectivity index (χ2v) is 4.33. The van der Waals surface area contributed by atoms with Crippen molar-refractivity contribution in [2.75, 3.05) is 0 Å². The van der Waals surface area contributed by atoms with Gasteiger partial charge in [-0.15, -0.1) is 0 Å². The van der Waals surface area contributed by atoms with Gasteiger partial charge in [-0.2, -0.15) is 18.3 Å². The first-order chi connectivity index (χ1) is 10.4. The molecule has 0 aliphatic heterocycles. The summed E-state index contributed by atoms with van der Waals surface area (Å²) in [6.45, 7) is 0. The summed E-state index contributed by atoms with van der Waals surface area (Å²) >= 11 is 0. The molecule has 0 bridgehead atoms. The van der Waals surface area contributed by atoms with Gasteiger partial charge in [-0.3, -0.25) is 4.79 Å². The van der Waals surface area contributed by atoms with Gasteiger partial charge in [-0.1, -0.05) is 12.1 Å². The van der Waals surface area contributed by atoms with Gasteiger partial charge in [0.25, 0.3) is 5.91 Å².